The van der Waals surface area contributed by atoms with Crippen molar-refractivity contribution in [1.82, 2.24) is 4.98 Å². The Balaban J connectivity index is 1.88. The zero-order valence-corrected chi connectivity index (χ0v) is 8.28. The number of hydrogen-bond acceptors (Lipinski definition) is 3. The van der Waals surface area contributed by atoms with Crippen molar-refractivity contribution in [2.24, 2.45) is 5.92 Å². The SMILES string of the molecule is Nc1cccnc1OCC1CCCC1. The van der Waals surface area contributed by atoms with E-state index in [0.29, 0.717) is 17.5 Å². The predicted molar refractivity (Wildman–Crippen MR) is 56.1 cm³/mol. The number of nitrogens with two attached hydrogens (primary N) is 1. The van der Waals surface area contributed by atoms with Gasteiger partial charge in [-0.2, -0.15) is 0 Å². The number of anilines is 1. The molecule has 1 aliphatic rings. The summed E-state index contributed by atoms with van der Waals surface area (Å²) >= 11 is 0. The van der Waals surface area contributed by atoms with Gasteiger partial charge in [0, 0.05) is 6.20 Å². The largest absolute Gasteiger partial charge is 0.476 e. The van der Waals surface area contributed by atoms with E-state index in [2.05, 4.69) is 4.98 Å². The Morgan fingerprint density at radius 2 is 2.21 bits per heavy atom. The first-order valence-electron chi connectivity index (χ1n) is 5.19. The van der Waals surface area contributed by atoms with Crippen LogP contribution in [0.15, 0.2) is 18.3 Å². The Bertz CT molecular complexity index is 295. The maximum atomic E-state index is 5.72. The summed E-state index contributed by atoms with van der Waals surface area (Å²) in [6, 6.07) is 3.63. The fraction of sp³-hybridized carbons (Fsp3) is 0.545. The Hall–Kier alpha value is -1.25. The van der Waals surface area contributed by atoms with Crippen LogP contribution < -0.4 is 10.5 Å². The van der Waals surface area contributed by atoms with E-state index in [4.69, 9.17) is 10.5 Å². The number of nitrogens with zero attached hydrogens (tertiary/aromatic N) is 1. The molecule has 0 bridgehead atoms. The van der Waals surface area contributed by atoms with Crippen molar-refractivity contribution in [3.63, 3.8) is 0 Å². The highest BCUT2D eigenvalue weighted by molar-refractivity contribution is 5.46. The topological polar surface area (TPSA) is 48.1 Å². The summed E-state index contributed by atoms with van der Waals surface area (Å²) in [4.78, 5) is 4.09. The molecule has 0 atom stereocenters. The van der Waals surface area contributed by atoms with Crippen LogP contribution >= 0.6 is 0 Å². The van der Waals surface area contributed by atoms with Crippen molar-refractivity contribution in [3.8, 4) is 5.88 Å². The van der Waals surface area contributed by atoms with Crippen molar-refractivity contribution < 1.29 is 4.74 Å². The van der Waals surface area contributed by atoms with E-state index in [1.807, 2.05) is 12.1 Å². The number of pyridine rings is 1. The maximum Gasteiger partial charge on any atom is 0.237 e. The van der Waals surface area contributed by atoms with Crippen LogP contribution in [0.3, 0.4) is 0 Å². The summed E-state index contributed by atoms with van der Waals surface area (Å²) in [7, 11) is 0. The molecule has 1 fully saturated rings. The quantitative estimate of drug-likeness (QED) is 0.798. The van der Waals surface area contributed by atoms with Gasteiger partial charge >= 0.3 is 0 Å². The third-order valence-electron chi connectivity index (χ3n) is 2.73. The average Bonchev–Trinajstić information content (AvgIpc) is 2.69. The highest BCUT2D eigenvalue weighted by Gasteiger charge is 2.16. The molecule has 2 N–H and O–H groups in total. The number of nitrogen functional groups attached to an aromatic ring is 1. The number of hydrogen-bond donors (Lipinski definition) is 1. The summed E-state index contributed by atoms with van der Waals surface area (Å²) in [5, 5.41) is 0. The molecular weight excluding hydrogens is 176 g/mol. The molecule has 1 heterocycles. The highest BCUT2D eigenvalue weighted by Crippen LogP contribution is 2.26. The van der Waals surface area contributed by atoms with E-state index in [1.165, 1.54) is 25.7 Å². The van der Waals surface area contributed by atoms with Gasteiger partial charge in [-0.05, 0) is 30.9 Å². The second-order valence-electron chi connectivity index (χ2n) is 3.86. The summed E-state index contributed by atoms with van der Waals surface area (Å²) in [5.41, 5.74) is 6.35. The average molecular weight is 192 g/mol. The van der Waals surface area contributed by atoms with Gasteiger partial charge in [-0.25, -0.2) is 4.98 Å². The van der Waals surface area contributed by atoms with Crippen LogP contribution in [0.25, 0.3) is 0 Å². The molecule has 0 radical (unpaired) electrons. The Labute approximate surface area is 84.3 Å². The Morgan fingerprint density at radius 3 is 2.93 bits per heavy atom. The Morgan fingerprint density at radius 1 is 1.43 bits per heavy atom. The molecule has 0 aromatic carbocycles. The fourth-order valence-electron chi connectivity index (χ4n) is 1.90. The molecule has 0 aliphatic heterocycles. The first-order chi connectivity index (χ1) is 6.86. The number of ether oxygens (including phenoxy) is 1. The molecule has 14 heavy (non-hydrogen) atoms. The lowest BCUT2D eigenvalue weighted by Gasteiger charge is -2.11. The third kappa shape index (κ3) is 2.16. The lowest BCUT2D eigenvalue weighted by atomic mass is 10.1. The van der Waals surface area contributed by atoms with Crippen molar-refractivity contribution in [3.05, 3.63) is 18.3 Å². The molecule has 0 amide bonds. The van der Waals surface area contributed by atoms with E-state index in [0.717, 1.165) is 6.61 Å². The molecule has 76 valence electrons. The summed E-state index contributed by atoms with van der Waals surface area (Å²) in [5.74, 6) is 1.29. The van der Waals surface area contributed by atoms with Crippen LogP contribution in [0.2, 0.25) is 0 Å². The molecule has 1 aromatic heterocycles. The van der Waals surface area contributed by atoms with Gasteiger partial charge in [0.2, 0.25) is 5.88 Å². The van der Waals surface area contributed by atoms with Crippen molar-refractivity contribution >= 4 is 5.69 Å². The highest BCUT2D eigenvalue weighted by atomic mass is 16.5. The normalized spacial score (nSPS) is 17.1. The van der Waals surface area contributed by atoms with E-state index < -0.39 is 0 Å². The van der Waals surface area contributed by atoms with Crippen molar-refractivity contribution in [1.29, 1.82) is 0 Å². The molecule has 3 heteroatoms. The van der Waals surface area contributed by atoms with Crippen molar-refractivity contribution in [2.45, 2.75) is 25.7 Å². The zero-order valence-electron chi connectivity index (χ0n) is 8.28. The van der Waals surface area contributed by atoms with E-state index in [-0.39, 0.29) is 0 Å². The first kappa shape index (κ1) is 9.31. The predicted octanol–water partition coefficient (Wildman–Crippen LogP) is 2.23. The van der Waals surface area contributed by atoms with Crippen LogP contribution in [0, 0.1) is 5.92 Å². The second kappa shape index (κ2) is 4.31. The molecule has 1 aliphatic carbocycles. The van der Waals surface area contributed by atoms with Gasteiger partial charge in [-0.1, -0.05) is 12.8 Å². The minimum absolute atomic E-state index is 0.583. The molecule has 0 saturated heterocycles. The molecule has 1 saturated carbocycles. The van der Waals surface area contributed by atoms with Gasteiger partial charge in [-0.15, -0.1) is 0 Å². The zero-order chi connectivity index (χ0) is 9.80. The van der Waals surface area contributed by atoms with E-state index in [9.17, 15) is 0 Å². The van der Waals surface area contributed by atoms with Crippen molar-refractivity contribution in [2.75, 3.05) is 12.3 Å². The van der Waals surface area contributed by atoms with Crippen LogP contribution in [0.5, 0.6) is 5.88 Å². The third-order valence-corrected chi connectivity index (χ3v) is 2.73. The molecule has 0 unspecified atom stereocenters. The lowest BCUT2D eigenvalue weighted by Crippen LogP contribution is -2.09. The molecule has 2 rings (SSSR count). The maximum absolute atomic E-state index is 5.72. The van der Waals surface area contributed by atoms with Gasteiger partial charge in [0.25, 0.3) is 0 Å². The smallest absolute Gasteiger partial charge is 0.237 e. The van der Waals surface area contributed by atoms with E-state index in [1.54, 1.807) is 6.20 Å². The Kier molecular flexibility index (Phi) is 2.87. The van der Waals surface area contributed by atoms with E-state index >= 15 is 0 Å². The minimum atomic E-state index is 0.583. The van der Waals surface area contributed by atoms with Crippen LogP contribution in [0.1, 0.15) is 25.7 Å². The summed E-state index contributed by atoms with van der Waals surface area (Å²) in [6.07, 6.45) is 6.96. The van der Waals surface area contributed by atoms with Gasteiger partial charge in [0.15, 0.2) is 0 Å². The summed E-state index contributed by atoms with van der Waals surface area (Å²) < 4.78 is 5.58. The van der Waals surface area contributed by atoms with Gasteiger partial charge in [-0.3, -0.25) is 0 Å². The number of aromatic nitrogens is 1. The number of rotatable bonds is 3. The molecule has 0 spiro atoms. The van der Waals surface area contributed by atoms with Crippen LogP contribution in [-0.2, 0) is 0 Å². The molecule has 1 aromatic rings. The van der Waals surface area contributed by atoms with Gasteiger partial charge in [0.1, 0.15) is 0 Å². The first-order valence-corrected chi connectivity index (χ1v) is 5.19. The molecule has 3 nitrogen and oxygen atoms in total. The fourth-order valence-corrected chi connectivity index (χ4v) is 1.90. The standard InChI is InChI=1S/C11H16N2O/c12-10-6-3-7-13-11(10)14-8-9-4-1-2-5-9/h3,6-7,9H,1-2,4-5,8,12H2. The summed E-state index contributed by atoms with van der Waals surface area (Å²) in [6.45, 7) is 0.765. The van der Waals surface area contributed by atoms with Crippen LogP contribution in [0.4, 0.5) is 5.69 Å². The molecular formula is C11H16N2O. The second-order valence-corrected chi connectivity index (χ2v) is 3.86. The van der Waals surface area contributed by atoms with Gasteiger partial charge in [0.05, 0.1) is 12.3 Å². The monoisotopic (exact) mass is 192 g/mol. The minimum Gasteiger partial charge on any atom is -0.476 e. The lowest BCUT2D eigenvalue weighted by molar-refractivity contribution is 0.245. The van der Waals surface area contributed by atoms with Crippen LogP contribution in [-0.4, -0.2) is 11.6 Å². The van der Waals surface area contributed by atoms with Gasteiger partial charge < -0.3 is 10.5 Å².